The third-order valence-electron chi connectivity index (χ3n) is 17.3. The van der Waals surface area contributed by atoms with Crippen LogP contribution in [0.2, 0.25) is 0 Å². The summed E-state index contributed by atoms with van der Waals surface area (Å²) in [5.41, 5.74) is -6.28. The molecule has 2 heterocycles. The molecule has 0 aliphatic rings. The van der Waals surface area contributed by atoms with Crippen LogP contribution in [0.4, 0.5) is 90.4 Å². The SMILES string of the molecule is [C-]#[N+]c1ccc(-n2c3ccc(-c4cc(C)cc(C(F)(F)F)c4)cc3c3cc(-c4cc(C)cc(C(F)(F)F)c4)ccc32)c(-c2cc(-n3c4ccc(-c5cc(C)cc(C(F)(F)F)c5)cc4c4cc(-c5cc(C(F)(F)F)cc(C(F)(F)F)c5)ccc43)ccc2-c2ccc([N+]#[C-])cc2C(F)(F)F)c1. The topological polar surface area (TPSA) is 18.6 Å². The Morgan fingerprint density at radius 3 is 0.960 bits per heavy atom. The van der Waals surface area contributed by atoms with Crippen LogP contribution in [0.1, 0.15) is 50.1 Å². The first-order chi connectivity index (χ1) is 46.4. The van der Waals surface area contributed by atoms with Gasteiger partial charge in [-0.3, -0.25) is 0 Å². The molecule has 0 spiro atoms. The van der Waals surface area contributed by atoms with Crippen molar-refractivity contribution in [2.75, 3.05) is 0 Å². The van der Waals surface area contributed by atoms with E-state index in [1.54, 1.807) is 33.4 Å². The van der Waals surface area contributed by atoms with Gasteiger partial charge in [-0.2, -0.15) is 79.0 Å². The third kappa shape index (κ3) is 12.4. The van der Waals surface area contributed by atoms with Crippen molar-refractivity contribution in [3.63, 3.8) is 0 Å². The van der Waals surface area contributed by atoms with Crippen LogP contribution in [0.25, 0.3) is 131 Å². The van der Waals surface area contributed by atoms with Gasteiger partial charge < -0.3 is 9.13 Å². The Balaban J connectivity index is 1.12. The highest BCUT2D eigenvalue weighted by molar-refractivity contribution is 6.14. The third-order valence-corrected chi connectivity index (χ3v) is 17.3. The van der Waals surface area contributed by atoms with Crippen molar-refractivity contribution in [1.29, 1.82) is 0 Å². The van der Waals surface area contributed by atoms with E-state index in [0.717, 1.165) is 48.5 Å². The first-order valence-corrected chi connectivity index (χ1v) is 29.7. The molecule has 0 amide bonds. The van der Waals surface area contributed by atoms with E-state index >= 15 is 13.2 Å². The highest BCUT2D eigenvalue weighted by Gasteiger charge is 2.39. The van der Waals surface area contributed by atoms with Gasteiger partial charge in [0.1, 0.15) is 0 Å². The van der Waals surface area contributed by atoms with Crippen molar-refractivity contribution in [2.45, 2.75) is 57.8 Å². The van der Waals surface area contributed by atoms with Crippen molar-refractivity contribution in [3.05, 3.63) is 273 Å². The number of hydrogen-bond acceptors (Lipinski definition) is 0. The molecule has 13 rings (SSSR count). The second-order valence-electron chi connectivity index (χ2n) is 24.0. The number of nitrogens with zero attached hydrogens (tertiary/aromatic N) is 4. The molecular weight excluding hydrogens is 1320 g/mol. The molecule has 4 nitrogen and oxygen atoms in total. The lowest BCUT2D eigenvalue weighted by Crippen LogP contribution is -2.11. The standard InChI is InChI=1S/C77H42F18N4/c1-39-20-46(26-50(23-39)72(78,79)80)42-6-15-67-61(31-42)62-34-45(49-29-53(75(87,88)89)35-54(30-49)76(90,91)92)7-16-68(62)98(67)57-12-14-58(59-13-10-56(97-5)37-66(59)77(93,94)95)60(38-57)65-36-55(96-4)11-19-71(65)99-69-17-8-43(47-21-40(2)24-51(27-47)73(81,82)83)32-63(69)64-33-44(9-18-70(64)99)48-22-41(3)25-52(28-48)74(84,85)86/h6-38H,1-3H3. The summed E-state index contributed by atoms with van der Waals surface area (Å²) in [5.74, 6) is 0. The van der Waals surface area contributed by atoms with Gasteiger partial charge in [0.25, 0.3) is 0 Å². The number of fused-ring (bicyclic) bond motifs is 6. The fourth-order valence-corrected chi connectivity index (χ4v) is 13.0. The van der Waals surface area contributed by atoms with Crippen molar-refractivity contribution in [1.82, 2.24) is 9.13 Å². The van der Waals surface area contributed by atoms with Crippen molar-refractivity contribution in [2.24, 2.45) is 0 Å². The van der Waals surface area contributed by atoms with E-state index in [1.165, 1.54) is 124 Å². The Morgan fingerprint density at radius 1 is 0.263 bits per heavy atom. The number of benzene rings is 11. The minimum absolute atomic E-state index is 0.0342. The van der Waals surface area contributed by atoms with E-state index in [1.807, 2.05) is 0 Å². The number of halogens is 18. The van der Waals surface area contributed by atoms with Crippen LogP contribution in [0.15, 0.2) is 200 Å². The minimum Gasteiger partial charge on any atom is -0.309 e. The van der Waals surface area contributed by atoms with Gasteiger partial charge in [0, 0.05) is 27.2 Å². The highest BCUT2D eigenvalue weighted by atomic mass is 19.4. The molecular formula is C77H42F18N4. The summed E-state index contributed by atoms with van der Waals surface area (Å²) in [6.45, 7) is 20.3. The quantitative estimate of drug-likeness (QED) is 0.107. The molecule has 0 fully saturated rings. The Morgan fingerprint density at radius 2 is 0.596 bits per heavy atom. The Hall–Kier alpha value is -11.3. The highest BCUT2D eigenvalue weighted by Crippen LogP contribution is 2.50. The van der Waals surface area contributed by atoms with E-state index in [2.05, 4.69) is 9.69 Å². The summed E-state index contributed by atoms with van der Waals surface area (Å²) in [5, 5.41) is 0.965. The zero-order chi connectivity index (χ0) is 71.0. The first-order valence-electron chi connectivity index (χ1n) is 29.7. The lowest BCUT2D eigenvalue weighted by atomic mass is 9.89. The zero-order valence-electron chi connectivity index (χ0n) is 51.1. The summed E-state index contributed by atoms with van der Waals surface area (Å²) in [7, 11) is 0. The lowest BCUT2D eigenvalue weighted by molar-refractivity contribution is -0.143. The fourth-order valence-electron chi connectivity index (χ4n) is 13.0. The van der Waals surface area contributed by atoms with Gasteiger partial charge in [0.15, 0.2) is 11.4 Å². The molecule has 0 saturated heterocycles. The zero-order valence-corrected chi connectivity index (χ0v) is 51.1. The summed E-state index contributed by atoms with van der Waals surface area (Å²) >= 11 is 0. The van der Waals surface area contributed by atoms with Gasteiger partial charge in [0.05, 0.1) is 74.3 Å². The molecule has 2 aromatic heterocycles. The molecule has 13 aromatic rings. The average Bonchev–Trinajstić information content (AvgIpc) is 1.60. The molecule has 11 aromatic carbocycles. The smallest absolute Gasteiger partial charge is 0.309 e. The lowest BCUT2D eigenvalue weighted by Gasteiger charge is -2.21. The predicted octanol–water partition coefficient (Wildman–Crippen LogP) is 26.0. The van der Waals surface area contributed by atoms with Crippen LogP contribution in [0, 0.1) is 33.9 Å². The van der Waals surface area contributed by atoms with Crippen LogP contribution in [-0.4, -0.2) is 9.13 Å². The maximum atomic E-state index is 15.7. The predicted molar refractivity (Wildman–Crippen MR) is 344 cm³/mol. The van der Waals surface area contributed by atoms with Crippen molar-refractivity contribution >= 4 is 55.0 Å². The first kappa shape index (κ1) is 66.4. The molecule has 99 heavy (non-hydrogen) atoms. The van der Waals surface area contributed by atoms with Gasteiger partial charge in [-0.1, -0.05) is 66.7 Å². The molecule has 0 unspecified atom stereocenters. The fraction of sp³-hybridized carbons (Fsp3) is 0.117. The van der Waals surface area contributed by atoms with Crippen molar-refractivity contribution in [3.8, 4) is 78.1 Å². The number of hydrogen-bond donors (Lipinski definition) is 0. The van der Waals surface area contributed by atoms with E-state index < -0.39 is 87.3 Å². The van der Waals surface area contributed by atoms with E-state index in [4.69, 9.17) is 13.1 Å². The summed E-state index contributed by atoms with van der Waals surface area (Å²) in [4.78, 5) is 6.94. The normalized spacial score (nSPS) is 12.7. The van der Waals surface area contributed by atoms with Crippen molar-refractivity contribution < 1.29 is 79.0 Å². The van der Waals surface area contributed by atoms with Gasteiger partial charge >= 0.3 is 37.1 Å². The van der Waals surface area contributed by atoms with E-state index in [0.29, 0.717) is 40.0 Å². The minimum atomic E-state index is -5.26. The maximum absolute atomic E-state index is 15.7. The number of alkyl halides is 18. The Labute approximate surface area is 550 Å². The molecule has 0 N–H and O–H groups in total. The van der Waals surface area contributed by atoms with Crippen LogP contribution in [0.3, 0.4) is 0 Å². The summed E-state index contributed by atoms with van der Waals surface area (Å²) in [6, 6.07) is 40.3. The number of aryl methyl sites for hydroxylation is 3. The Bertz CT molecular complexity index is 5450. The maximum Gasteiger partial charge on any atom is 0.416 e. The summed E-state index contributed by atoms with van der Waals surface area (Å²) < 4.78 is 266. The molecule has 0 saturated carbocycles. The molecule has 496 valence electrons. The van der Waals surface area contributed by atoms with E-state index in [-0.39, 0.29) is 117 Å². The average molecular weight is 1370 g/mol. The molecule has 0 radical (unpaired) electrons. The number of rotatable bonds is 8. The second kappa shape index (κ2) is 23.5. The van der Waals surface area contributed by atoms with Crippen LogP contribution in [-0.2, 0) is 37.1 Å². The molecule has 0 aliphatic carbocycles. The summed E-state index contributed by atoms with van der Waals surface area (Å²) in [6.07, 6.45) is -30.0. The monoisotopic (exact) mass is 1360 g/mol. The van der Waals surface area contributed by atoms with E-state index in [9.17, 15) is 65.9 Å². The van der Waals surface area contributed by atoms with Crippen LogP contribution in [0.5, 0.6) is 0 Å². The van der Waals surface area contributed by atoms with Crippen LogP contribution < -0.4 is 0 Å². The molecule has 0 atom stereocenters. The van der Waals surface area contributed by atoms with Crippen LogP contribution >= 0.6 is 0 Å². The second-order valence-corrected chi connectivity index (χ2v) is 24.0. The molecule has 22 heteroatoms. The Kier molecular flexibility index (Phi) is 15.7. The van der Waals surface area contributed by atoms with Gasteiger partial charge in [-0.15, -0.1) is 0 Å². The number of aromatic nitrogens is 2. The molecule has 0 bridgehead atoms. The molecule has 0 aliphatic heterocycles. The van der Waals surface area contributed by atoms with Gasteiger partial charge in [0.2, 0.25) is 0 Å². The van der Waals surface area contributed by atoms with Gasteiger partial charge in [-0.05, 0) is 238 Å². The van der Waals surface area contributed by atoms with Gasteiger partial charge in [-0.25, -0.2) is 9.69 Å². The largest absolute Gasteiger partial charge is 0.416 e.